The Morgan fingerprint density at radius 2 is 2.20 bits per heavy atom. The molecule has 0 spiro atoms. The number of nitriles is 1. The minimum Gasteiger partial charge on any atom is -0.328 e. The number of nitrogens with one attached hydrogen (secondary N) is 1. The highest BCUT2D eigenvalue weighted by atomic mass is 32.2. The van der Waals surface area contributed by atoms with Gasteiger partial charge in [0.05, 0.1) is 6.07 Å². The SMILES string of the molecule is CN(CCC#N)S(=O)(=O)NC1CC(N)C1. The summed E-state index contributed by atoms with van der Waals surface area (Å²) >= 11 is 0. The quantitative estimate of drug-likeness (QED) is 0.645. The van der Waals surface area contributed by atoms with Crippen molar-refractivity contribution in [2.24, 2.45) is 5.73 Å². The van der Waals surface area contributed by atoms with Crippen LogP contribution in [-0.4, -0.2) is 38.4 Å². The van der Waals surface area contributed by atoms with Gasteiger partial charge in [0, 0.05) is 32.1 Å². The van der Waals surface area contributed by atoms with Crippen LogP contribution in [0, 0.1) is 11.3 Å². The van der Waals surface area contributed by atoms with Gasteiger partial charge in [-0.1, -0.05) is 0 Å². The minimum atomic E-state index is -3.44. The first-order chi connectivity index (χ1) is 6.95. The second-order valence-corrected chi connectivity index (χ2v) is 5.59. The summed E-state index contributed by atoms with van der Waals surface area (Å²) in [6, 6.07) is 1.97. The van der Waals surface area contributed by atoms with E-state index >= 15 is 0 Å². The van der Waals surface area contributed by atoms with Crippen molar-refractivity contribution < 1.29 is 8.42 Å². The van der Waals surface area contributed by atoms with Gasteiger partial charge >= 0.3 is 0 Å². The summed E-state index contributed by atoms with van der Waals surface area (Å²) in [5.74, 6) is 0. The molecule has 15 heavy (non-hydrogen) atoms. The van der Waals surface area contributed by atoms with Crippen LogP contribution in [0.1, 0.15) is 19.3 Å². The van der Waals surface area contributed by atoms with Crippen LogP contribution in [0.4, 0.5) is 0 Å². The van der Waals surface area contributed by atoms with Crippen LogP contribution in [0.2, 0.25) is 0 Å². The lowest BCUT2D eigenvalue weighted by atomic mass is 9.89. The summed E-state index contributed by atoms with van der Waals surface area (Å²) in [5.41, 5.74) is 5.55. The average Bonchev–Trinajstić information content (AvgIpc) is 2.11. The Hall–Kier alpha value is -0.680. The van der Waals surface area contributed by atoms with Crippen molar-refractivity contribution in [1.29, 1.82) is 5.26 Å². The first-order valence-electron chi connectivity index (χ1n) is 4.82. The first-order valence-corrected chi connectivity index (χ1v) is 6.26. The number of hydrogen-bond acceptors (Lipinski definition) is 4. The van der Waals surface area contributed by atoms with Gasteiger partial charge in [-0.2, -0.15) is 22.7 Å². The molecule has 3 N–H and O–H groups in total. The van der Waals surface area contributed by atoms with Crippen molar-refractivity contribution in [3.8, 4) is 6.07 Å². The molecule has 1 rings (SSSR count). The largest absolute Gasteiger partial charge is 0.328 e. The number of rotatable bonds is 5. The molecule has 1 fully saturated rings. The second-order valence-electron chi connectivity index (χ2n) is 3.78. The Kier molecular flexibility index (Phi) is 4.04. The van der Waals surface area contributed by atoms with E-state index in [-0.39, 0.29) is 25.0 Å². The van der Waals surface area contributed by atoms with Crippen LogP contribution in [0.15, 0.2) is 0 Å². The fourth-order valence-electron chi connectivity index (χ4n) is 1.39. The van der Waals surface area contributed by atoms with Crippen molar-refractivity contribution in [2.75, 3.05) is 13.6 Å². The van der Waals surface area contributed by atoms with E-state index in [1.165, 1.54) is 7.05 Å². The third-order valence-electron chi connectivity index (χ3n) is 2.44. The Morgan fingerprint density at radius 3 is 2.67 bits per heavy atom. The van der Waals surface area contributed by atoms with Crippen molar-refractivity contribution in [2.45, 2.75) is 31.3 Å². The molecule has 0 heterocycles. The lowest BCUT2D eigenvalue weighted by molar-refractivity contribution is 0.319. The van der Waals surface area contributed by atoms with E-state index in [1.807, 2.05) is 6.07 Å². The van der Waals surface area contributed by atoms with Crippen molar-refractivity contribution in [3.63, 3.8) is 0 Å². The molecule has 1 aliphatic rings. The van der Waals surface area contributed by atoms with Gasteiger partial charge in [-0.3, -0.25) is 0 Å². The maximum absolute atomic E-state index is 11.6. The topological polar surface area (TPSA) is 99.2 Å². The zero-order chi connectivity index (χ0) is 11.5. The van der Waals surface area contributed by atoms with Crippen LogP contribution < -0.4 is 10.5 Å². The van der Waals surface area contributed by atoms with Gasteiger partial charge in [0.15, 0.2) is 0 Å². The average molecular weight is 232 g/mol. The Labute approximate surface area is 90.2 Å². The van der Waals surface area contributed by atoms with Crippen LogP contribution in [0.3, 0.4) is 0 Å². The highest BCUT2D eigenvalue weighted by molar-refractivity contribution is 7.87. The van der Waals surface area contributed by atoms with E-state index in [1.54, 1.807) is 0 Å². The molecule has 1 aliphatic carbocycles. The number of hydrogen-bond donors (Lipinski definition) is 2. The van der Waals surface area contributed by atoms with Crippen LogP contribution in [0.25, 0.3) is 0 Å². The lowest BCUT2D eigenvalue weighted by Gasteiger charge is -2.33. The molecule has 86 valence electrons. The normalized spacial score (nSPS) is 26.0. The van der Waals surface area contributed by atoms with Crippen LogP contribution in [-0.2, 0) is 10.2 Å². The van der Waals surface area contributed by atoms with E-state index < -0.39 is 10.2 Å². The van der Waals surface area contributed by atoms with Crippen molar-refractivity contribution in [3.05, 3.63) is 0 Å². The summed E-state index contributed by atoms with van der Waals surface area (Å²) in [6.45, 7) is 0.213. The molecular weight excluding hydrogens is 216 g/mol. The Balaban J connectivity index is 2.41. The third-order valence-corrected chi connectivity index (χ3v) is 4.07. The molecule has 0 aromatic heterocycles. The minimum absolute atomic E-state index is 0.0467. The van der Waals surface area contributed by atoms with Crippen molar-refractivity contribution in [1.82, 2.24) is 9.03 Å². The number of nitrogens with zero attached hydrogens (tertiary/aromatic N) is 2. The molecule has 1 saturated carbocycles. The summed E-state index contributed by atoms with van der Waals surface area (Å²) < 4.78 is 26.9. The second kappa shape index (κ2) is 4.90. The summed E-state index contributed by atoms with van der Waals surface area (Å²) in [6.07, 6.45) is 1.57. The van der Waals surface area contributed by atoms with Gasteiger partial charge in [0.25, 0.3) is 10.2 Å². The van der Waals surface area contributed by atoms with Gasteiger partial charge in [0.2, 0.25) is 0 Å². The fraction of sp³-hybridized carbons (Fsp3) is 0.875. The fourth-order valence-corrected chi connectivity index (χ4v) is 2.51. The molecule has 0 radical (unpaired) electrons. The molecule has 0 bridgehead atoms. The predicted octanol–water partition coefficient (Wildman–Crippen LogP) is -0.844. The van der Waals surface area contributed by atoms with E-state index in [9.17, 15) is 8.42 Å². The summed E-state index contributed by atoms with van der Waals surface area (Å²) in [7, 11) is -1.98. The van der Waals surface area contributed by atoms with Crippen LogP contribution >= 0.6 is 0 Å². The highest BCUT2D eigenvalue weighted by Crippen LogP contribution is 2.18. The molecule has 7 heteroatoms. The molecule has 0 amide bonds. The predicted molar refractivity (Wildman–Crippen MR) is 55.9 cm³/mol. The Bertz CT molecular complexity index is 342. The molecule has 0 aromatic rings. The Morgan fingerprint density at radius 1 is 1.60 bits per heavy atom. The van der Waals surface area contributed by atoms with E-state index in [0.29, 0.717) is 12.8 Å². The van der Waals surface area contributed by atoms with E-state index in [4.69, 9.17) is 11.0 Å². The summed E-state index contributed by atoms with van der Waals surface area (Å²) in [4.78, 5) is 0. The van der Waals surface area contributed by atoms with E-state index in [2.05, 4.69) is 4.72 Å². The van der Waals surface area contributed by atoms with Gasteiger partial charge < -0.3 is 5.73 Å². The van der Waals surface area contributed by atoms with Gasteiger partial charge in [-0.05, 0) is 12.8 Å². The maximum atomic E-state index is 11.6. The third kappa shape index (κ3) is 3.43. The van der Waals surface area contributed by atoms with Gasteiger partial charge in [0.1, 0.15) is 0 Å². The van der Waals surface area contributed by atoms with Crippen molar-refractivity contribution >= 4 is 10.2 Å². The molecule has 0 atom stereocenters. The monoisotopic (exact) mass is 232 g/mol. The molecular formula is C8H16N4O2S. The van der Waals surface area contributed by atoms with Gasteiger partial charge in [-0.15, -0.1) is 0 Å². The highest BCUT2D eigenvalue weighted by Gasteiger charge is 2.30. The van der Waals surface area contributed by atoms with Crippen LogP contribution in [0.5, 0.6) is 0 Å². The zero-order valence-electron chi connectivity index (χ0n) is 8.68. The number of nitrogens with two attached hydrogens (primary N) is 1. The molecule has 0 saturated heterocycles. The molecule has 6 nitrogen and oxygen atoms in total. The van der Waals surface area contributed by atoms with E-state index in [0.717, 1.165) is 4.31 Å². The maximum Gasteiger partial charge on any atom is 0.279 e. The standard InChI is InChI=1S/C8H16N4O2S/c1-12(4-2-3-9)15(13,14)11-8-5-7(10)6-8/h7-8,11H,2,4-6,10H2,1H3. The molecule has 0 aliphatic heterocycles. The zero-order valence-corrected chi connectivity index (χ0v) is 9.50. The lowest BCUT2D eigenvalue weighted by Crippen LogP contribution is -2.53. The molecule has 0 unspecified atom stereocenters. The molecule has 0 aromatic carbocycles. The van der Waals surface area contributed by atoms with Gasteiger partial charge in [-0.25, -0.2) is 0 Å². The smallest absolute Gasteiger partial charge is 0.279 e. The first kappa shape index (κ1) is 12.4. The summed E-state index contributed by atoms with van der Waals surface area (Å²) in [5, 5.41) is 8.35.